The van der Waals surface area contributed by atoms with Gasteiger partial charge in [-0.25, -0.2) is 4.39 Å². The van der Waals surface area contributed by atoms with Gasteiger partial charge in [-0.1, -0.05) is 0 Å². The van der Waals surface area contributed by atoms with Crippen LogP contribution in [0.4, 0.5) is 4.39 Å². The molecule has 0 aliphatic carbocycles. The summed E-state index contributed by atoms with van der Waals surface area (Å²) in [5.74, 6) is -1.90. The third kappa shape index (κ3) is 5.03. The Kier molecular flexibility index (Phi) is 6.90. The molecule has 0 radical (unpaired) electrons. The van der Waals surface area contributed by atoms with E-state index in [-0.39, 0.29) is 36.8 Å². The van der Waals surface area contributed by atoms with E-state index in [1.807, 2.05) is 13.8 Å². The number of rotatable bonds is 7. The van der Waals surface area contributed by atoms with Crippen molar-refractivity contribution in [2.45, 2.75) is 39.3 Å². The molecule has 1 aliphatic rings. The minimum absolute atomic E-state index is 0.129. The van der Waals surface area contributed by atoms with E-state index in [0.717, 1.165) is 0 Å². The van der Waals surface area contributed by atoms with E-state index in [1.165, 1.54) is 18.2 Å². The van der Waals surface area contributed by atoms with Crippen LogP contribution in [0.2, 0.25) is 0 Å². The predicted molar refractivity (Wildman–Crippen MR) is 97.9 cm³/mol. The smallest absolute Gasteiger partial charge is 0.317 e. The second-order valence-corrected chi connectivity index (χ2v) is 6.72. The molecule has 8 heteroatoms. The molecule has 1 aromatic carbocycles. The molecule has 1 aromatic rings. The molecule has 0 aromatic heterocycles. The summed E-state index contributed by atoms with van der Waals surface area (Å²) in [6.07, 6.45) is 0.342. The van der Waals surface area contributed by atoms with Crippen molar-refractivity contribution in [3.63, 3.8) is 0 Å². The normalized spacial score (nSPS) is 19.7. The summed E-state index contributed by atoms with van der Waals surface area (Å²) in [6.45, 7) is 6.41. The van der Waals surface area contributed by atoms with Crippen LogP contribution in [0.25, 0.3) is 0 Å². The van der Waals surface area contributed by atoms with Gasteiger partial charge < -0.3 is 15.3 Å². The minimum atomic E-state index is -1.02. The van der Waals surface area contributed by atoms with E-state index in [1.54, 1.807) is 16.7 Å². The van der Waals surface area contributed by atoms with Crippen molar-refractivity contribution in [3.05, 3.63) is 35.1 Å². The first kappa shape index (κ1) is 20.8. The highest BCUT2D eigenvalue weighted by Gasteiger charge is 2.39. The lowest BCUT2D eigenvalue weighted by Crippen LogP contribution is -2.47. The van der Waals surface area contributed by atoms with E-state index in [9.17, 15) is 18.8 Å². The lowest BCUT2D eigenvalue weighted by atomic mass is 10.1. The van der Waals surface area contributed by atoms with Gasteiger partial charge in [-0.15, -0.1) is 0 Å². The van der Waals surface area contributed by atoms with Gasteiger partial charge >= 0.3 is 5.97 Å². The zero-order valence-corrected chi connectivity index (χ0v) is 15.9. The van der Waals surface area contributed by atoms with Gasteiger partial charge in [0, 0.05) is 31.2 Å². The molecule has 2 atom stereocenters. The van der Waals surface area contributed by atoms with E-state index in [2.05, 4.69) is 5.32 Å². The first-order valence-electron chi connectivity index (χ1n) is 9.08. The molecule has 0 bridgehead atoms. The van der Waals surface area contributed by atoms with Crippen molar-refractivity contribution in [2.24, 2.45) is 0 Å². The molecule has 1 aliphatic heterocycles. The van der Waals surface area contributed by atoms with Crippen LogP contribution >= 0.6 is 0 Å². The lowest BCUT2D eigenvalue weighted by Gasteiger charge is -2.27. The highest BCUT2D eigenvalue weighted by Crippen LogP contribution is 2.21. The molecule has 1 saturated heterocycles. The number of carbonyl (C=O) groups excluding carboxylic acids is 2. The van der Waals surface area contributed by atoms with Gasteiger partial charge in [-0.05, 0) is 51.0 Å². The van der Waals surface area contributed by atoms with Gasteiger partial charge in [0.1, 0.15) is 5.82 Å². The topological polar surface area (TPSA) is 90.0 Å². The Balaban J connectivity index is 2.11. The highest BCUT2D eigenvalue weighted by molar-refractivity contribution is 5.94. The summed E-state index contributed by atoms with van der Waals surface area (Å²) in [5.41, 5.74) is 0.702. The number of likely N-dealkylation sites (tertiary alicyclic amines) is 1. The maximum atomic E-state index is 13.4. The highest BCUT2D eigenvalue weighted by atomic mass is 19.1. The van der Waals surface area contributed by atoms with Crippen LogP contribution in [0.1, 0.15) is 36.2 Å². The Morgan fingerprint density at radius 2 is 1.96 bits per heavy atom. The maximum absolute atomic E-state index is 13.4. The predicted octanol–water partition coefficient (Wildman–Crippen LogP) is 1.26. The number of carbonyl (C=O) groups is 3. The fraction of sp³-hybridized carbons (Fsp3) is 0.526. The Hall–Kier alpha value is -2.48. The molecule has 2 amide bonds. The van der Waals surface area contributed by atoms with Crippen LogP contribution in [-0.4, -0.2) is 71.0 Å². The third-order valence-electron chi connectivity index (χ3n) is 4.86. The number of likely N-dealkylation sites (N-methyl/N-ethyl adjacent to an activating group) is 1. The van der Waals surface area contributed by atoms with Crippen molar-refractivity contribution in [2.75, 3.05) is 26.2 Å². The number of nitrogens with one attached hydrogen (secondary N) is 1. The van der Waals surface area contributed by atoms with Crippen LogP contribution in [0.5, 0.6) is 0 Å². The number of benzene rings is 1. The average molecular weight is 379 g/mol. The number of halogens is 1. The summed E-state index contributed by atoms with van der Waals surface area (Å²) < 4.78 is 13.4. The maximum Gasteiger partial charge on any atom is 0.317 e. The van der Waals surface area contributed by atoms with Gasteiger partial charge in [0.25, 0.3) is 5.91 Å². The molecule has 0 spiro atoms. The largest absolute Gasteiger partial charge is 0.480 e. The molecule has 27 heavy (non-hydrogen) atoms. The summed E-state index contributed by atoms with van der Waals surface area (Å²) in [6, 6.07) is 3.17. The molecule has 0 saturated carbocycles. The number of nitrogens with zero attached hydrogens (tertiary/aromatic N) is 2. The monoisotopic (exact) mass is 379 g/mol. The fourth-order valence-corrected chi connectivity index (χ4v) is 3.41. The average Bonchev–Trinajstić information content (AvgIpc) is 2.99. The number of carboxylic acids is 1. The third-order valence-corrected chi connectivity index (χ3v) is 4.86. The molecule has 2 rings (SSSR count). The summed E-state index contributed by atoms with van der Waals surface area (Å²) in [4.78, 5) is 39.6. The van der Waals surface area contributed by atoms with E-state index in [0.29, 0.717) is 30.6 Å². The summed E-state index contributed by atoms with van der Waals surface area (Å²) in [7, 11) is 0. The number of carboxylic acid groups (broad SMARTS) is 1. The number of amides is 2. The Labute approximate surface area is 158 Å². The van der Waals surface area contributed by atoms with E-state index < -0.39 is 12.0 Å². The van der Waals surface area contributed by atoms with Gasteiger partial charge in [0.05, 0.1) is 12.6 Å². The van der Waals surface area contributed by atoms with Crippen molar-refractivity contribution in [1.29, 1.82) is 0 Å². The molecular weight excluding hydrogens is 353 g/mol. The summed E-state index contributed by atoms with van der Waals surface area (Å²) in [5, 5.41) is 12.0. The first-order valence-corrected chi connectivity index (χ1v) is 9.08. The second kappa shape index (κ2) is 8.94. The van der Waals surface area contributed by atoms with Crippen LogP contribution in [0.3, 0.4) is 0 Å². The van der Waals surface area contributed by atoms with Crippen molar-refractivity contribution < 1.29 is 23.9 Å². The van der Waals surface area contributed by atoms with Gasteiger partial charge in [0.15, 0.2) is 0 Å². The van der Waals surface area contributed by atoms with Crippen molar-refractivity contribution in [3.8, 4) is 0 Å². The number of aliphatic carboxylic acids is 1. The van der Waals surface area contributed by atoms with Crippen LogP contribution in [-0.2, 0) is 9.59 Å². The van der Waals surface area contributed by atoms with Crippen LogP contribution in [0.15, 0.2) is 18.2 Å². The quantitative estimate of drug-likeness (QED) is 0.744. The Morgan fingerprint density at radius 3 is 2.52 bits per heavy atom. The second-order valence-electron chi connectivity index (χ2n) is 6.72. The van der Waals surface area contributed by atoms with Crippen molar-refractivity contribution in [1.82, 2.24) is 15.1 Å². The lowest BCUT2D eigenvalue weighted by molar-refractivity contribution is -0.141. The van der Waals surface area contributed by atoms with Crippen LogP contribution in [0, 0.1) is 12.7 Å². The zero-order valence-electron chi connectivity index (χ0n) is 15.9. The molecule has 148 valence electrons. The summed E-state index contributed by atoms with van der Waals surface area (Å²) >= 11 is 0. The number of hydrogen-bond donors (Lipinski definition) is 2. The number of hydrogen-bond acceptors (Lipinski definition) is 4. The fourth-order valence-electron chi connectivity index (χ4n) is 3.41. The standard InChI is InChI=1S/C19H26FN3O4/c1-4-22(5-2)19(27)16-9-14(10-23(16)11-17(24)25)21-18(26)13-6-7-15(20)12(3)8-13/h6-8,14,16H,4-5,9-11H2,1-3H3,(H,21,26)(H,24,25)/t14-,16-/m0/s1. The van der Waals surface area contributed by atoms with Gasteiger partial charge in [0.2, 0.25) is 5.91 Å². The van der Waals surface area contributed by atoms with Gasteiger partial charge in [-0.3, -0.25) is 19.3 Å². The van der Waals surface area contributed by atoms with Crippen molar-refractivity contribution >= 4 is 17.8 Å². The molecular formula is C19H26FN3O4. The Bertz CT molecular complexity index is 721. The zero-order chi connectivity index (χ0) is 20.1. The number of aryl methyl sites for hydroxylation is 1. The van der Waals surface area contributed by atoms with E-state index >= 15 is 0 Å². The molecule has 0 unspecified atom stereocenters. The molecule has 1 fully saturated rings. The Morgan fingerprint density at radius 1 is 1.30 bits per heavy atom. The van der Waals surface area contributed by atoms with Gasteiger partial charge in [-0.2, -0.15) is 0 Å². The molecule has 7 nitrogen and oxygen atoms in total. The minimum Gasteiger partial charge on any atom is -0.480 e. The van der Waals surface area contributed by atoms with E-state index in [4.69, 9.17) is 5.11 Å². The molecule has 1 heterocycles. The van der Waals surface area contributed by atoms with Crippen LogP contribution < -0.4 is 5.32 Å². The SMILES string of the molecule is CCN(CC)C(=O)[C@@H]1C[C@H](NC(=O)c2ccc(F)c(C)c2)CN1CC(=O)O. The molecule has 2 N–H and O–H groups in total. The first-order chi connectivity index (χ1) is 12.8.